The second kappa shape index (κ2) is 6.57. The zero-order valence-corrected chi connectivity index (χ0v) is 13.5. The van der Waals surface area contributed by atoms with Crippen LogP contribution in [0, 0.1) is 0 Å². The molecule has 0 bridgehead atoms. The van der Waals surface area contributed by atoms with Gasteiger partial charge in [-0.1, -0.05) is 12.7 Å². The number of phosphoric acid groups is 1. The summed E-state index contributed by atoms with van der Waals surface area (Å²) in [5.74, 6) is 0. The van der Waals surface area contributed by atoms with Crippen molar-refractivity contribution in [3.05, 3.63) is 45.8 Å². The predicted octanol–water partition coefficient (Wildman–Crippen LogP) is -1.84. The summed E-state index contributed by atoms with van der Waals surface area (Å²) >= 11 is 0. The van der Waals surface area contributed by atoms with E-state index in [9.17, 15) is 28.8 Å². The molecule has 1 fully saturated rings. The minimum atomic E-state index is -5.04. The van der Waals surface area contributed by atoms with Gasteiger partial charge in [-0.2, -0.15) is 0 Å². The summed E-state index contributed by atoms with van der Waals surface area (Å²) in [6, 6.07) is 0.919. The van der Waals surface area contributed by atoms with E-state index in [0.717, 1.165) is 18.3 Å². The number of halogens is 1. The molecule has 1 aromatic heterocycles. The number of rotatable bonds is 6. The maximum Gasteiger partial charge on any atom is 0.469 e. The number of aliphatic hydroxyl groups excluding tert-OH is 1. The molecule has 0 amide bonds. The van der Waals surface area contributed by atoms with Gasteiger partial charge in [-0.3, -0.25) is 18.9 Å². The Kier molecular flexibility index (Phi) is 5.17. The second-order valence-electron chi connectivity index (χ2n) is 5.44. The average molecular weight is 382 g/mol. The Morgan fingerprint density at radius 1 is 1.52 bits per heavy atom. The summed E-state index contributed by atoms with van der Waals surface area (Å²) in [4.78, 5) is 42.5. The summed E-state index contributed by atoms with van der Waals surface area (Å²) in [6.45, 7) is 0.662. The molecule has 2 heterocycles. The van der Waals surface area contributed by atoms with Crippen molar-refractivity contribution in [2.24, 2.45) is 0 Å². The number of phosphoric ester groups is 1. The molecule has 0 unspecified atom stereocenters. The van der Waals surface area contributed by atoms with Crippen LogP contribution in [0.1, 0.15) is 6.23 Å². The van der Waals surface area contributed by atoms with Gasteiger partial charge < -0.3 is 24.7 Å². The largest absolute Gasteiger partial charge is 0.469 e. The zero-order chi connectivity index (χ0) is 19.0. The standard InChI is InChI=1S/C12H16FN2O9P/c1-2-12(19)8(17)11(5-13,6-23-25(20,21)22)24-9(12)15-4-3-7(16)14-10(15)18/h2-4,8-9,17,19H,1,5-6H2,(H,14,16,18)(H2,20,21,22)/t8-,9-,11-,12-/m1/s1. The van der Waals surface area contributed by atoms with E-state index in [2.05, 4.69) is 11.1 Å². The molecular weight excluding hydrogens is 366 g/mol. The van der Waals surface area contributed by atoms with Crippen LogP contribution in [0.5, 0.6) is 0 Å². The first kappa shape index (κ1) is 19.7. The van der Waals surface area contributed by atoms with Crippen LogP contribution < -0.4 is 11.2 Å². The van der Waals surface area contributed by atoms with Crippen molar-refractivity contribution < 1.29 is 38.2 Å². The van der Waals surface area contributed by atoms with E-state index in [1.54, 1.807) is 0 Å². The van der Waals surface area contributed by atoms with Gasteiger partial charge in [0, 0.05) is 12.3 Å². The van der Waals surface area contributed by atoms with Crippen LogP contribution in [0.25, 0.3) is 0 Å². The first-order valence-electron chi connectivity index (χ1n) is 6.78. The Bertz CT molecular complexity index is 819. The van der Waals surface area contributed by atoms with E-state index in [4.69, 9.17) is 14.5 Å². The molecule has 1 aliphatic heterocycles. The zero-order valence-electron chi connectivity index (χ0n) is 12.6. The molecule has 25 heavy (non-hydrogen) atoms. The third-order valence-electron chi connectivity index (χ3n) is 3.81. The van der Waals surface area contributed by atoms with E-state index in [1.807, 2.05) is 4.98 Å². The van der Waals surface area contributed by atoms with Crippen LogP contribution in [0.3, 0.4) is 0 Å². The van der Waals surface area contributed by atoms with E-state index >= 15 is 0 Å². The van der Waals surface area contributed by atoms with Crippen molar-refractivity contribution >= 4 is 7.82 Å². The van der Waals surface area contributed by atoms with Gasteiger partial charge in [-0.25, -0.2) is 13.8 Å². The van der Waals surface area contributed by atoms with Crippen molar-refractivity contribution in [1.82, 2.24) is 9.55 Å². The van der Waals surface area contributed by atoms with Crippen LogP contribution >= 0.6 is 7.82 Å². The SMILES string of the molecule is C=C[C@@]1(O)[C@H](O)[C@@](CF)(COP(=O)(O)O)O[C@H]1n1ccc(=O)[nH]c1=O. The van der Waals surface area contributed by atoms with E-state index in [0.29, 0.717) is 4.57 Å². The van der Waals surface area contributed by atoms with Crippen LogP contribution in [0.4, 0.5) is 4.39 Å². The first-order valence-corrected chi connectivity index (χ1v) is 8.31. The molecule has 2 rings (SSSR count). The lowest BCUT2D eigenvalue weighted by molar-refractivity contribution is -0.137. The Labute approximate surface area is 139 Å². The smallest absolute Gasteiger partial charge is 0.386 e. The molecule has 13 heteroatoms. The second-order valence-corrected chi connectivity index (χ2v) is 6.68. The van der Waals surface area contributed by atoms with E-state index in [-0.39, 0.29) is 0 Å². The van der Waals surface area contributed by atoms with Crippen molar-refractivity contribution in [3.63, 3.8) is 0 Å². The first-order chi connectivity index (χ1) is 11.5. The molecule has 0 saturated carbocycles. The summed E-state index contributed by atoms with van der Waals surface area (Å²) in [5, 5.41) is 20.9. The van der Waals surface area contributed by atoms with E-state index < -0.39 is 55.9 Å². The molecule has 1 saturated heterocycles. The molecular formula is C12H16FN2O9P. The van der Waals surface area contributed by atoms with Crippen molar-refractivity contribution in [2.45, 2.75) is 23.5 Å². The number of H-pyrrole nitrogens is 1. The van der Waals surface area contributed by atoms with E-state index in [1.165, 1.54) is 0 Å². The monoisotopic (exact) mass is 382 g/mol. The number of hydrogen-bond donors (Lipinski definition) is 5. The van der Waals surface area contributed by atoms with Crippen LogP contribution in [-0.4, -0.2) is 60.1 Å². The Hall–Kier alpha value is -1.66. The highest BCUT2D eigenvalue weighted by molar-refractivity contribution is 7.46. The summed E-state index contributed by atoms with van der Waals surface area (Å²) < 4.78 is 34.6. The highest BCUT2D eigenvalue weighted by Gasteiger charge is 2.63. The summed E-state index contributed by atoms with van der Waals surface area (Å²) in [7, 11) is -5.04. The quantitative estimate of drug-likeness (QED) is 0.280. The maximum atomic E-state index is 13.6. The molecule has 0 radical (unpaired) electrons. The van der Waals surface area contributed by atoms with Gasteiger partial charge in [0.1, 0.15) is 12.8 Å². The normalized spacial score (nSPS) is 32.7. The van der Waals surface area contributed by atoms with Gasteiger partial charge in [0.2, 0.25) is 0 Å². The topological polar surface area (TPSA) is 171 Å². The molecule has 1 aromatic rings. The van der Waals surface area contributed by atoms with Crippen LogP contribution in [-0.2, 0) is 13.8 Å². The number of hydrogen-bond acceptors (Lipinski definition) is 7. The molecule has 0 aliphatic carbocycles. The lowest BCUT2D eigenvalue weighted by Gasteiger charge is -2.31. The van der Waals surface area contributed by atoms with Gasteiger partial charge in [-0.05, 0) is 0 Å². The Morgan fingerprint density at radius 2 is 2.16 bits per heavy atom. The fourth-order valence-electron chi connectivity index (χ4n) is 2.49. The predicted molar refractivity (Wildman–Crippen MR) is 79.3 cm³/mol. The van der Waals surface area contributed by atoms with Gasteiger partial charge in [-0.15, -0.1) is 0 Å². The lowest BCUT2D eigenvalue weighted by Crippen LogP contribution is -2.53. The van der Waals surface area contributed by atoms with Crippen molar-refractivity contribution in [3.8, 4) is 0 Å². The Morgan fingerprint density at radius 3 is 2.64 bits per heavy atom. The molecule has 1 aliphatic rings. The summed E-state index contributed by atoms with van der Waals surface area (Å²) in [5.41, 5.74) is -6.60. The van der Waals surface area contributed by atoms with Crippen LogP contribution in [0.2, 0.25) is 0 Å². The lowest BCUT2D eigenvalue weighted by atomic mass is 9.87. The minimum Gasteiger partial charge on any atom is -0.386 e. The number of nitrogens with one attached hydrogen (secondary N) is 1. The molecule has 11 nitrogen and oxygen atoms in total. The maximum absolute atomic E-state index is 13.6. The van der Waals surface area contributed by atoms with Crippen molar-refractivity contribution in [2.75, 3.05) is 13.3 Å². The third-order valence-corrected chi connectivity index (χ3v) is 4.28. The summed E-state index contributed by atoms with van der Waals surface area (Å²) in [6.07, 6.45) is -2.13. The minimum absolute atomic E-state index is 0.668. The molecule has 5 N–H and O–H groups in total. The Balaban J connectivity index is 2.51. The van der Waals surface area contributed by atoms with Gasteiger partial charge >= 0.3 is 13.5 Å². The number of alkyl halides is 1. The number of ether oxygens (including phenoxy) is 1. The number of nitrogens with zero attached hydrogens (tertiary/aromatic N) is 1. The fourth-order valence-corrected chi connectivity index (χ4v) is 2.88. The van der Waals surface area contributed by atoms with Gasteiger partial charge in [0.05, 0.1) is 6.61 Å². The molecule has 0 spiro atoms. The highest BCUT2D eigenvalue weighted by atomic mass is 31.2. The highest BCUT2D eigenvalue weighted by Crippen LogP contribution is 2.47. The third kappa shape index (κ3) is 3.51. The number of aromatic nitrogens is 2. The fraction of sp³-hybridized carbons (Fsp3) is 0.500. The molecule has 4 atom stereocenters. The van der Waals surface area contributed by atoms with Gasteiger partial charge in [0.15, 0.2) is 17.4 Å². The molecule has 0 aromatic carbocycles. The van der Waals surface area contributed by atoms with Gasteiger partial charge in [0.25, 0.3) is 5.56 Å². The van der Waals surface area contributed by atoms with Crippen molar-refractivity contribution in [1.29, 1.82) is 0 Å². The number of aliphatic hydroxyl groups is 2. The number of aromatic amines is 1. The average Bonchev–Trinajstić information content (AvgIpc) is 2.75. The van der Waals surface area contributed by atoms with Crippen LogP contribution in [0.15, 0.2) is 34.5 Å². The molecule has 140 valence electrons.